The van der Waals surface area contributed by atoms with Gasteiger partial charge in [-0.1, -0.05) is 91.0 Å². The van der Waals surface area contributed by atoms with Crippen molar-refractivity contribution < 1.29 is 0 Å². The van der Waals surface area contributed by atoms with Crippen LogP contribution < -0.4 is 0 Å². The van der Waals surface area contributed by atoms with Crippen LogP contribution in [0.3, 0.4) is 0 Å². The van der Waals surface area contributed by atoms with Gasteiger partial charge in [-0.3, -0.25) is 0 Å². The van der Waals surface area contributed by atoms with E-state index in [0.29, 0.717) is 0 Å². The van der Waals surface area contributed by atoms with E-state index in [1.165, 1.54) is 27.8 Å². The average molecular weight is 284 g/mol. The Bertz CT molecular complexity index is 752. The number of hydrogen-bond acceptors (Lipinski definition) is 0. The van der Waals surface area contributed by atoms with Crippen molar-refractivity contribution in [1.29, 1.82) is 0 Å². The molecule has 0 unspecified atom stereocenters. The maximum absolute atomic E-state index is 2.34. The van der Waals surface area contributed by atoms with Crippen LogP contribution in [0.2, 0.25) is 0 Å². The molecule has 0 atom stereocenters. The fourth-order valence-corrected chi connectivity index (χ4v) is 2.71. The Morgan fingerprint density at radius 2 is 1.32 bits per heavy atom. The predicted molar refractivity (Wildman–Crippen MR) is 94.8 cm³/mol. The lowest BCUT2D eigenvalue weighted by atomic mass is 9.93. The number of hydrogen-bond donors (Lipinski definition) is 0. The van der Waals surface area contributed by atoms with Crippen molar-refractivity contribution in [3.63, 3.8) is 0 Å². The summed E-state index contributed by atoms with van der Waals surface area (Å²) < 4.78 is 0. The van der Waals surface area contributed by atoms with Crippen LogP contribution >= 0.6 is 0 Å². The summed E-state index contributed by atoms with van der Waals surface area (Å²) >= 11 is 0. The second-order valence-electron chi connectivity index (χ2n) is 5.49. The zero-order chi connectivity index (χ0) is 15.2. The van der Waals surface area contributed by atoms with Crippen molar-refractivity contribution in [2.75, 3.05) is 0 Å². The lowest BCUT2D eigenvalue weighted by Crippen LogP contribution is -1.93. The molecule has 0 bridgehead atoms. The molecule has 0 nitrogen and oxygen atoms in total. The highest BCUT2D eigenvalue weighted by atomic mass is 14.1. The van der Waals surface area contributed by atoms with Gasteiger partial charge in [-0.25, -0.2) is 0 Å². The van der Waals surface area contributed by atoms with Gasteiger partial charge in [0.15, 0.2) is 0 Å². The molecule has 3 aromatic rings. The predicted octanol–water partition coefficient (Wildman–Crippen LogP) is 5.67. The van der Waals surface area contributed by atoms with Crippen LogP contribution in [0.1, 0.15) is 22.3 Å². The molecule has 0 saturated carbocycles. The second-order valence-corrected chi connectivity index (χ2v) is 5.49. The van der Waals surface area contributed by atoms with E-state index in [-0.39, 0.29) is 0 Å². The van der Waals surface area contributed by atoms with Crippen molar-refractivity contribution in [2.45, 2.75) is 13.3 Å². The van der Waals surface area contributed by atoms with Gasteiger partial charge in [0.05, 0.1) is 0 Å². The minimum Gasteiger partial charge on any atom is -0.0716 e. The van der Waals surface area contributed by atoms with Crippen LogP contribution in [0.25, 0.3) is 5.57 Å². The minimum atomic E-state index is 0.944. The second kappa shape index (κ2) is 6.91. The van der Waals surface area contributed by atoms with Crippen molar-refractivity contribution in [1.82, 2.24) is 0 Å². The lowest BCUT2D eigenvalue weighted by Gasteiger charge is -2.12. The number of benzene rings is 3. The summed E-state index contributed by atoms with van der Waals surface area (Å²) in [5.74, 6) is 0. The summed E-state index contributed by atoms with van der Waals surface area (Å²) in [6.45, 7) is 2.18. The van der Waals surface area contributed by atoms with Gasteiger partial charge in [-0.05, 0) is 41.2 Å². The van der Waals surface area contributed by atoms with Gasteiger partial charge >= 0.3 is 0 Å². The molecule has 0 N–H and O–H groups in total. The van der Waals surface area contributed by atoms with Gasteiger partial charge in [0.25, 0.3) is 0 Å². The summed E-state index contributed by atoms with van der Waals surface area (Å²) in [6, 6.07) is 29.8. The third-order valence-electron chi connectivity index (χ3n) is 3.90. The number of aryl methyl sites for hydroxylation is 1. The maximum Gasteiger partial charge on any atom is -0.00880 e. The molecule has 108 valence electrons. The highest BCUT2D eigenvalue weighted by Crippen LogP contribution is 2.26. The highest BCUT2D eigenvalue weighted by molar-refractivity contribution is 5.81. The normalized spacial score (nSPS) is 11.4. The van der Waals surface area contributed by atoms with Crippen molar-refractivity contribution >= 4 is 5.57 Å². The zero-order valence-electron chi connectivity index (χ0n) is 12.9. The standard InChI is InChI=1S/C22H20/c1-18-10-8-9-15-21(18)22(20-13-6-3-7-14-20)17-16-19-11-4-2-5-12-19/h2-15,17H,16H2,1H3/b22-17+. The smallest absolute Gasteiger partial charge is 0.00880 e. The lowest BCUT2D eigenvalue weighted by molar-refractivity contribution is 1.26. The molecular weight excluding hydrogens is 264 g/mol. The zero-order valence-corrected chi connectivity index (χ0v) is 12.9. The van der Waals surface area contributed by atoms with E-state index in [1.54, 1.807) is 0 Å². The van der Waals surface area contributed by atoms with Gasteiger partial charge in [0.1, 0.15) is 0 Å². The van der Waals surface area contributed by atoms with E-state index >= 15 is 0 Å². The number of allylic oxidation sites excluding steroid dienone is 1. The summed E-state index contributed by atoms with van der Waals surface area (Å²) in [4.78, 5) is 0. The fraction of sp³-hybridized carbons (Fsp3) is 0.0909. The molecule has 0 heterocycles. The SMILES string of the molecule is Cc1ccccc1/C(=C/Cc1ccccc1)c1ccccc1. The molecule has 0 spiro atoms. The number of rotatable bonds is 4. The van der Waals surface area contributed by atoms with E-state index in [4.69, 9.17) is 0 Å². The Morgan fingerprint density at radius 1 is 0.727 bits per heavy atom. The Hall–Kier alpha value is -2.60. The van der Waals surface area contributed by atoms with Crippen LogP contribution in [0.15, 0.2) is 91.0 Å². The Morgan fingerprint density at radius 3 is 2.00 bits per heavy atom. The van der Waals surface area contributed by atoms with Gasteiger partial charge in [0, 0.05) is 0 Å². The molecule has 0 amide bonds. The largest absolute Gasteiger partial charge is 0.0716 e. The quantitative estimate of drug-likeness (QED) is 0.579. The summed E-state index contributed by atoms with van der Waals surface area (Å²) in [5, 5.41) is 0. The fourth-order valence-electron chi connectivity index (χ4n) is 2.71. The molecule has 3 rings (SSSR count). The van der Waals surface area contributed by atoms with Crippen molar-refractivity contribution in [3.05, 3.63) is 113 Å². The topological polar surface area (TPSA) is 0 Å². The molecule has 0 fully saturated rings. The van der Waals surface area contributed by atoms with Crippen molar-refractivity contribution in [3.8, 4) is 0 Å². The summed E-state index contributed by atoms with van der Waals surface area (Å²) in [5.41, 5.74) is 6.54. The van der Waals surface area contributed by atoms with Crippen LogP contribution in [0.5, 0.6) is 0 Å². The summed E-state index contributed by atoms with van der Waals surface area (Å²) in [6.07, 6.45) is 3.28. The molecule has 0 heteroatoms. The first-order valence-electron chi connectivity index (χ1n) is 7.70. The Balaban J connectivity index is 2.02. The first kappa shape index (κ1) is 14.3. The van der Waals surface area contributed by atoms with Gasteiger partial charge in [0.2, 0.25) is 0 Å². The Kier molecular flexibility index (Phi) is 4.50. The van der Waals surface area contributed by atoms with Crippen LogP contribution in [-0.2, 0) is 6.42 Å². The van der Waals surface area contributed by atoms with E-state index in [0.717, 1.165) is 6.42 Å². The van der Waals surface area contributed by atoms with E-state index < -0.39 is 0 Å². The van der Waals surface area contributed by atoms with E-state index in [1.807, 2.05) is 0 Å². The molecule has 22 heavy (non-hydrogen) atoms. The molecule has 3 aromatic carbocycles. The van der Waals surface area contributed by atoms with Gasteiger partial charge in [-0.15, -0.1) is 0 Å². The third-order valence-corrected chi connectivity index (χ3v) is 3.90. The van der Waals surface area contributed by atoms with Crippen LogP contribution in [0, 0.1) is 6.92 Å². The summed E-state index contributed by atoms with van der Waals surface area (Å²) in [7, 11) is 0. The van der Waals surface area contributed by atoms with E-state index in [2.05, 4.69) is 97.9 Å². The minimum absolute atomic E-state index is 0.944. The van der Waals surface area contributed by atoms with Gasteiger partial charge in [-0.2, -0.15) is 0 Å². The van der Waals surface area contributed by atoms with Gasteiger partial charge < -0.3 is 0 Å². The molecule has 0 aliphatic heterocycles. The molecule has 0 aliphatic rings. The third kappa shape index (κ3) is 3.35. The molecule has 0 saturated heterocycles. The van der Waals surface area contributed by atoms with Crippen LogP contribution in [-0.4, -0.2) is 0 Å². The monoisotopic (exact) mass is 284 g/mol. The Labute approximate surface area is 132 Å². The van der Waals surface area contributed by atoms with Crippen LogP contribution in [0.4, 0.5) is 0 Å². The highest BCUT2D eigenvalue weighted by Gasteiger charge is 2.07. The molecule has 0 aromatic heterocycles. The maximum atomic E-state index is 2.34. The molecular formula is C22H20. The first-order valence-corrected chi connectivity index (χ1v) is 7.70. The van der Waals surface area contributed by atoms with Crippen molar-refractivity contribution in [2.24, 2.45) is 0 Å². The molecule has 0 aliphatic carbocycles. The average Bonchev–Trinajstić information content (AvgIpc) is 2.58. The van der Waals surface area contributed by atoms with E-state index in [9.17, 15) is 0 Å². The molecule has 0 radical (unpaired) electrons. The first-order chi connectivity index (χ1) is 10.8.